The van der Waals surface area contributed by atoms with Gasteiger partial charge in [-0.1, -0.05) is 30.3 Å². The maximum absolute atomic E-state index is 13.6. The van der Waals surface area contributed by atoms with Gasteiger partial charge >= 0.3 is 0 Å². The van der Waals surface area contributed by atoms with Gasteiger partial charge in [0.1, 0.15) is 17.4 Å². The minimum absolute atomic E-state index is 0.142. The van der Waals surface area contributed by atoms with Crippen molar-refractivity contribution in [1.29, 1.82) is 0 Å². The van der Waals surface area contributed by atoms with E-state index in [1.165, 1.54) is 12.1 Å². The van der Waals surface area contributed by atoms with E-state index in [-0.39, 0.29) is 18.0 Å². The summed E-state index contributed by atoms with van der Waals surface area (Å²) in [5.41, 5.74) is 0.876. The molecule has 2 nitrogen and oxygen atoms in total. The Morgan fingerprint density at radius 1 is 0.952 bits per heavy atom. The number of rotatable bonds is 3. The molecule has 0 heterocycles. The van der Waals surface area contributed by atoms with Crippen LogP contribution in [0.2, 0.25) is 0 Å². The summed E-state index contributed by atoms with van der Waals surface area (Å²) in [6, 6.07) is 14.4. The second kappa shape index (κ2) is 5.40. The van der Waals surface area contributed by atoms with Crippen LogP contribution in [0.1, 0.15) is 5.56 Å². The Balaban J connectivity index is 1.93. The highest BCUT2D eigenvalue weighted by atomic mass is 19.1. The van der Waals surface area contributed by atoms with Gasteiger partial charge in [-0.3, -0.25) is 0 Å². The van der Waals surface area contributed by atoms with Crippen molar-refractivity contribution in [2.24, 2.45) is 0 Å². The van der Waals surface area contributed by atoms with Crippen LogP contribution >= 0.6 is 0 Å². The van der Waals surface area contributed by atoms with Gasteiger partial charge in [-0.25, -0.2) is 8.78 Å². The Morgan fingerprint density at radius 2 is 1.76 bits per heavy atom. The van der Waals surface area contributed by atoms with Crippen LogP contribution in [0.4, 0.5) is 14.5 Å². The van der Waals surface area contributed by atoms with Crippen LogP contribution in [-0.2, 0) is 6.54 Å². The van der Waals surface area contributed by atoms with Crippen molar-refractivity contribution in [1.82, 2.24) is 0 Å². The van der Waals surface area contributed by atoms with Crippen LogP contribution in [-0.4, -0.2) is 5.11 Å². The highest BCUT2D eigenvalue weighted by molar-refractivity contribution is 5.87. The van der Waals surface area contributed by atoms with E-state index in [4.69, 9.17) is 0 Å². The van der Waals surface area contributed by atoms with Gasteiger partial charge in [0, 0.05) is 18.2 Å². The molecule has 0 unspecified atom stereocenters. The van der Waals surface area contributed by atoms with Crippen molar-refractivity contribution in [3.63, 3.8) is 0 Å². The number of benzene rings is 3. The molecule has 0 saturated carbocycles. The predicted octanol–water partition coefficient (Wildman–Crippen LogP) is 4.44. The number of hydrogen-bond donors (Lipinski definition) is 2. The summed E-state index contributed by atoms with van der Waals surface area (Å²) in [7, 11) is 0. The molecule has 0 aliphatic rings. The van der Waals surface area contributed by atoms with E-state index in [9.17, 15) is 13.9 Å². The Hall–Kier alpha value is -2.62. The lowest BCUT2D eigenvalue weighted by Crippen LogP contribution is -2.02. The summed E-state index contributed by atoms with van der Waals surface area (Å²) in [5.74, 6) is -1.13. The molecule has 0 amide bonds. The van der Waals surface area contributed by atoms with Crippen LogP contribution in [0.25, 0.3) is 10.8 Å². The summed E-state index contributed by atoms with van der Waals surface area (Å²) in [6.45, 7) is 0.246. The smallest absolute Gasteiger partial charge is 0.149 e. The number of hydrogen-bond acceptors (Lipinski definition) is 2. The summed E-state index contributed by atoms with van der Waals surface area (Å²) in [4.78, 5) is 0. The first-order chi connectivity index (χ1) is 10.1. The molecule has 0 bridgehead atoms. The quantitative estimate of drug-likeness (QED) is 0.746. The molecule has 2 N–H and O–H groups in total. The van der Waals surface area contributed by atoms with Gasteiger partial charge in [0.2, 0.25) is 0 Å². The number of fused-ring (bicyclic) bond motifs is 1. The van der Waals surface area contributed by atoms with Gasteiger partial charge in [0.05, 0.1) is 5.69 Å². The normalized spacial score (nSPS) is 10.8. The van der Waals surface area contributed by atoms with E-state index in [0.29, 0.717) is 5.56 Å². The van der Waals surface area contributed by atoms with Crippen LogP contribution < -0.4 is 5.32 Å². The third-order valence-electron chi connectivity index (χ3n) is 3.40. The number of phenols is 1. The monoisotopic (exact) mass is 285 g/mol. The highest BCUT2D eigenvalue weighted by Gasteiger charge is 2.08. The van der Waals surface area contributed by atoms with E-state index in [1.54, 1.807) is 6.07 Å². The van der Waals surface area contributed by atoms with E-state index in [1.807, 2.05) is 30.3 Å². The fourth-order valence-electron chi connectivity index (χ4n) is 2.33. The Kier molecular flexibility index (Phi) is 3.44. The third-order valence-corrected chi connectivity index (χ3v) is 3.40. The summed E-state index contributed by atoms with van der Waals surface area (Å²) in [5, 5.41) is 14.8. The van der Waals surface area contributed by atoms with E-state index in [0.717, 1.165) is 16.8 Å². The molecule has 4 heteroatoms. The number of nitrogens with one attached hydrogen (secondary N) is 1. The van der Waals surface area contributed by atoms with Gasteiger partial charge in [-0.15, -0.1) is 0 Å². The molecule has 0 aliphatic carbocycles. The molecular formula is C17H13F2NO. The largest absolute Gasteiger partial charge is 0.508 e. The lowest BCUT2D eigenvalue weighted by atomic mass is 10.0. The number of anilines is 1. The highest BCUT2D eigenvalue weighted by Crippen LogP contribution is 2.28. The molecule has 3 aromatic carbocycles. The first-order valence-corrected chi connectivity index (χ1v) is 6.53. The molecule has 3 aromatic rings. The fraction of sp³-hybridized carbons (Fsp3) is 0.0588. The van der Waals surface area contributed by atoms with Crippen molar-refractivity contribution in [3.8, 4) is 5.75 Å². The zero-order valence-electron chi connectivity index (χ0n) is 11.1. The zero-order chi connectivity index (χ0) is 14.8. The van der Waals surface area contributed by atoms with Crippen molar-refractivity contribution < 1.29 is 13.9 Å². The maximum Gasteiger partial charge on any atom is 0.149 e. The summed E-state index contributed by atoms with van der Waals surface area (Å²) >= 11 is 0. The Morgan fingerprint density at radius 3 is 2.57 bits per heavy atom. The summed E-state index contributed by atoms with van der Waals surface area (Å²) in [6.07, 6.45) is 0. The van der Waals surface area contributed by atoms with Crippen LogP contribution in [0.15, 0.2) is 54.6 Å². The van der Waals surface area contributed by atoms with Gasteiger partial charge in [0.15, 0.2) is 0 Å². The molecule has 21 heavy (non-hydrogen) atoms. The minimum Gasteiger partial charge on any atom is -0.508 e. The number of aromatic hydroxyl groups is 1. The molecule has 0 saturated heterocycles. The Labute approximate surface area is 120 Å². The van der Waals surface area contributed by atoms with E-state index < -0.39 is 11.6 Å². The number of phenolic OH excluding ortho intramolecular Hbond substituents is 1. The van der Waals surface area contributed by atoms with Crippen LogP contribution in [0.3, 0.4) is 0 Å². The molecular weight excluding hydrogens is 272 g/mol. The SMILES string of the molecule is Oc1ccc2ccccc2c1CNc1ccc(F)cc1F. The molecule has 0 spiro atoms. The van der Waals surface area contributed by atoms with Crippen molar-refractivity contribution in [2.75, 3.05) is 5.32 Å². The van der Waals surface area contributed by atoms with E-state index >= 15 is 0 Å². The van der Waals surface area contributed by atoms with Crippen molar-refractivity contribution in [2.45, 2.75) is 6.54 Å². The zero-order valence-corrected chi connectivity index (χ0v) is 11.1. The first kappa shape index (κ1) is 13.4. The van der Waals surface area contributed by atoms with E-state index in [2.05, 4.69) is 5.32 Å². The second-order valence-corrected chi connectivity index (χ2v) is 4.76. The fourth-order valence-corrected chi connectivity index (χ4v) is 2.33. The predicted molar refractivity (Wildman–Crippen MR) is 79.3 cm³/mol. The lowest BCUT2D eigenvalue weighted by molar-refractivity contribution is 0.470. The van der Waals surface area contributed by atoms with Gasteiger partial charge in [0.25, 0.3) is 0 Å². The average Bonchev–Trinajstić information content (AvgIpc) is 2.48. The molecule has 0 radical (unpaired) electrons. The van der Waals surface area contributed by atoms with Crippen molar-refractivity contribution in [3.05, 3.63) is 71.8 Å². The topological polar surface area (TPSA) is 32.3 Å². The standard InChI is InChI=1S/C17H13F2NO/c18-12-6-7-16(15(19)9-12)20-10-14-13-4-2-1-3-11(13)5-8-17(14)21/h1-9,20-21H,10H2. The lowest BCUT2D eigenvalue weighted by Gasteiger charge is -2.12. The molecule has 0 aromatic heterocycles. The number of halogens is 2. The molecule has 106 valence electrons. The average molecular weight is 285 g/mol. The third kappa shape index (κ3) is 2.65. The molecule has 0 aliphatic heterocycles. The molecule has 0 fully saturated rings. The Bertz CT molecular complexity index is 802. The second-order valence-electron chi connectivity index (χ2n) is 4.76. The first-order valence-electron chi connectivity index (χ1n) is 6.53. The van der Waals surface area contributed by atoms with Gasteiger partial charge in [-0.05, 0) is 29.0 Å². The van der Waals surface area contributed by atoms with Crippen LogP contribution in [0.5, 0.6) is 5.75 Å². The van der Waals surface area contributed by atoms with Crippen molar-refractivity contribution >= 4 is 16.5 Å². The summed E-state index contributed by atoms with van der Waals surface area (Å²) < 4.78 is 26.5. The molecule has 0 atom stereocenters. The maximum atomic E-state index is 13.6. The van der Waals surface area contributed by atoms with Gasteiger partial charge < -0.3 is 10.4 Å². The molecule has 3 rings (SSSR count). The minimum atomic E-state index is -0.658. The van der Waals surface area contributed by atoms with Crippen LogP contribution in [0, 0.1) is 11.6 Å². The van der Waals surface area contributed by atoms with Gasteiger partial charge in [-0.2, -0.15) is 0 Å².